The van der Waals surface area contributed by atoms with Crippen LogP contribution in [0.15, 0.2) is 0 Å². The van der Waals surface area contributed by atoms with Crippen molar-refractivity contribution in [3.8, 4) is 0 Å². The van der Waals surface area contributed by atoms with E-state index in [1.165, 1.54) is 6.92 Å². The van der Waals surface area contributed by atoms with E-state index in [1.807, 2.05) is 0 Å². The summed E-state index contributed by atoms with van der Waals surface area (Å²) in [6.45, 7) is 15.6. The Bertz CT molecular complexity index is 1520. The lowest BCUT2D eigenvalue weighted by Gasteiger charge is -2.65. The maximum Gasteiger partial charge on any atom is 0.303 e. The normalized spacial score (nSPS) is 56.4. The van der Waals surface area contributed by atoms with E-state index in [9.17, 15) is 40.5 Å². The van der Waals surface area contributed by atoms with Gasteiger partial charge in [0.05, 0.1) is 48.8 Å². The fraction of sp³-hybridized carbons (Fsp3) is 0.976. The summed E-state index contributed by atoms with van der Waals surface area (Å²) < 4.78 is 37.6. The highest BCUT2D eigenvalue weighted by Crippen LogP contribution is 2.89. The molecule has 3 saturated heterocycles. The van der Waals surface area contributed by atoms with E-state index in [-0.39, 0.29) is 58.7 Å². The summed E-state index contributed by atoms with van der Waals surface area (Å²) >= 11 is 0. The maximum absolute atomic E-state index is 12.2. The van der Waals surface area contributed by atoms with Crippen molar-refractivity contribution < 1.29 is 69.0 Å². The molecule has 0 aromatic heterocycles. The molecule has 0 bridgehead atoms. The number of esters is 1. The van der Waals surface area contributed by atoms with Crippen LogP contribution < -0.4 is 0 Å². The van der Waals surface area contributed by atoms with Crippen LogP contribution in [0.3, 0.4) is 0 Å². The molecule has 0 aromatic rings. The quantitative estimate of drug-likeness (QED) is 0.145. The van der Waals surface area contributed by atoms with Crippen LogP contribution in [0.2, 0.25) is 0 Å². The van der Waals surface area contributed by atoms with Gasteiger partial charge in [0.1, 0.15) is 30.5 Å². The standard InChI is InChI=1S/C42H68O14/c1-20(43)53-31-29(48)23(46)18-52-35(31)55-26-10-12-42-19-41(42)14-13-38(6)32(40(8)11-9-27(56-40)37(4,5)50)21(44)16-39(38,7)25(41)15-24(33(42)36(26,2)3)54-34-30(49)28(47)22(45)17-51-34/h21-35,44-50H,9-19H2,1-8H3/t21-,22+,23+,24-,25-,26-,27-,28-,29-,30+,31+,32-,33-,34-,35-,38+,39-,40+,41-,42+/m0/s1. The Morgan fingerprint density at radius 2 is 1.39 bits per heavy atom. The molecule has 8 fully saturated rings. The lowest BCUT2D eigenvalue weighted by molar-refractivity contribution is -0.326. The Morgan fingerprint density at radius 3 is 2.04 bits per heavy atom. The van der Waals surface area contributed by atoms with E-state index in [0.29, 0.717) is 19.3 Å². The maximum atomic E-state index is 12.2. The van der Waals surface area contributed by atoms with Crippen molar-refractivity contribution in [1.29, 1.82) is 0 Å². The Kier molecular flexibility index (Phi) is 10.1. The van der Waals surface area contributed by atoms with Crippen LogP contribution in [0.5, 0.6) is 0 Å². The average Bonchev–Trinajstić information content (AvgIpc) is 3.46. The summed E-state index contributed by atoms with van der Waals surface area (Å²) in [6, 6.07) is 0. The van der Waals surface area contributed by atoms with Crippen LogP contribution in [0, 0.1) is 44.8 Å². The fourth-order valence-electron chi connectivity index (χ4n) is 14.9. The first-order valence-electron chi connectivity index (χ1n) is 21.2. The molecule has 8 rings (SSSR count). The number of hydrogen-bond donors (Lipinski definition) is 7. The highest BCUT2D eigenvalue weighted by atomic mass is 16.7. The van der Waals surface area contributed by atoms with Gasteiger partial charge in [-0.25, -0.2) is 0 Å². The van der Waals surface area contributed by atoms with E-state index >= 15 is 0 Å². The second-order valence-electron chi connectivity index (χ2n) is 21.2. The summed E-state index contributed by atoms with van der Waals surface area (Å²) in [5.74, 6) is -0.753. The third-order valence-electron chi connectivity index (χ3n) is 17.5. The molecule has 14 heteroatoms. The van der Waals surface area contributed by atoms with Gasteiger partial charge in [0.15, 0.2) is 18.7 Å². The highest BCUT2D eigenvalue weighted by Gasteiger charge is 2.85. The first-order chi connectivity index (χ1) is 26.0. The summed E-state index contributed by atoms with van der Waals surface area (Å²) in [5.41, 5.74) is -3.02. The number of aliphatic hydroxyl groups is 7. The summed E-state index contributed by atoms with van der Waals surface area (Å²) in [4.78, 5) is 12.1. The van der Waals surface area contributed by atoms with Crippen molar-refractivity contribution in [3.05, 3.63) is 0 Å². The smallest absolute Gasteiger partial charge is 0.303 e. The topological polar surface area (TPSA) is 214 Å². The summed E-state index contributed by atoms with van der Waals surface area (Å²) in [5, 5.41) is 76.5. The van der Waals surface area contributed by atoms with Crippen molar-refractivity contribution in [3.63, 3.8) is 0 Å². The molecule has 0 aromatic carbocycles. The predicted molar refractivity (Wildman–Crippen MR) is 197 cm³/mol. The molecule has 5 saturated carbocycles. The molecule has 3 heterocycles. The van der Waals surface area contributed by atoms with Crippen LogP contribution in [0.25, 0.3) is 0 Å². The van der Waals surface area contributed by atoms with Gasteiger partial charge in [0.25, 0.3) is 0 Å². The van der Waals surface area contributed by atoms with E-state index in [1.54, 1.807) is 13.8 Å². The predicted octanol–water partition coefficient (Wildman–Crippen LogP) is 1.93. The molecule has 0 radical (unpaired) electrons. The van der Waals surface area contributed by atoms with Crippen molar-refractivity contribution >= 4 is 5.97 Å². The van der Waals surface area contributed by atoms with E-state index in [2.05, 4.69) is 34.6 Å². The Hall–Kier alpha value is -1.01. The number of hydrogen-bond acceptors (Lipinski definition) is 14. The summed E-state index contributed by atoms with van der Waals surface area (Å²) in [6.07, 6.45) is -5.11. The number of aliphatic hydroxyl groups excluding tert-OH is 6. The van der Waals surface area contributed by atoms with Crippen molar-refractivity contribution in [2.24, 2.45) is 44.8 Å². The second-order valence-corrected chi connectivity index (χ2v) is 21.2. The largest absolute Gasteiger partial charge is 0.454 e. The monoisotopic (exact) mass is 796 g/mol. The third-order valence-corrected chi connectivity index (χ3v) is 17.5. The number of carbonyl (C=O) groups excluding carboxylic acids is 1. The lowest BCUT2D eigenvalue weighted by Crippen LogP contribution is -2.65. The Labute approximate surface area is 330 Å². The first-order valence-corrected chi connectivity index (χ1v) is 21.2. The lowest BCUT2D eigenvalue weighted by atomic mass is 9.41. The van der Waals surface area contributed by atoms with Crippen LogP contribution >= 0.6 is 0 Å². The number of ether oxygens (including phenoxy) is 6. The third kappa shape index (κ3) is 5.89. The first kappa shape index (κ1) is 41.7. The molecule has 56 heavy (non-hydrogen) atoms. The van der Waals surface area contributed by atoms with Gasteiger partial charge in [-0.3, -0.25) is 4.79 Å². The molecule has 3 aliphatic heterocycles. The van der Waals surface area contributed by atoms with Crippen molar-refractivity contribution in [2.45, 2.75) is 198 Å². The van der Waals surface area contributed by atoms with E-state index in [0.717, 1.165) is 38.5 Å². The van der Waals surface area contributed by atoms with E-state index < -0.39 is 90.1 Å². The highest BCUT2D eigenvalue weighted by molar-refractivity contribution is 5.66. The zero-order valence-electron chi connectivity index (χ0n) is 34.4. The van der Waals surface area contributed by atoms with Crippen LogP contribution in [0.1, 0.15) is 113 Å². The SMILES string of the molecule is CC(=O)O[C@H]1[C@H](O[C@H]2CC[C@]34C[C@]35CC[C@]3(C)[C@@H]([C@@]6(C)CC[C@@H](C(C)(C)O)O6)[C@@H](O)C[C@@]3(C)[C@@H]5C[C@H](O[C@@H]3OC[C@@H](O)[C@H](O)[C@H]3O)[C@H]4C2(C)C)OC[C@@H](O)[C@@H]1O. The Morgan fingerprint density at radius 1 is 0.732 bits per heavy atom. The van der Waals surface area contributed by atoms with Gasteiger partial charge >= 0.3 is 5.97 Å². The molecular weight excluding hydrogens is 728 g/mol. The minimum atomic E-state index is -1.47. The molecule has 14 nitrogen and oxygen atoms in total. The van der Waals surface area contributed by atoms with Crippen LogP contribution in [-0.2, 0) is 33.2 Å². The van der Waals surface area contributed by atoms with Gasteiger partial charge in [0, 0.05) is 12.8 Å². The van der Waals surface area contributed by atoms with Gasteiger partial charge in [-0.15, -0.1) is 0 Å². The molecule has 0 unspecified atom stereocenters. The Balaban J connectivity index is 1.14. The minimum absolute atomic E-state index is 0.0423. The molecule has 5 aliphatic carbocycles. The number of fused-ring (bicyclic) bond motifs is 2. The second kappa shape index (κ2) is 13.5. The zero-order valence-corrected chi connectivity index (χ0v) is 34.4. The minimum Gasteiger partial charge on any atom is -0.454 e. The van der Waals surface area contributed by atoms with E-state index in [4.69, 9.17) is 28.4 Å². The van der Waals surface area contributed by atoms with Gasteiger partial charge < -0.3 is 64.2 Å². The zero-order chi connectivity index (χ0) is 40.8. The van der Waals surface area contributed by atoms with Gasteiger partial charge in [0.2, 0.25) is 0 Å². The molecule has 8 aliphatic rings. The van der Waals surface area contributed by atoms with Crippen molar-refractivity contribution in [1.82, 2.24) is 0 Å². The van der Waals surface area contributed by atoms with Gasteiger partial charge in [-0.2, -0.15) is 0 Å². The van der Waals surface area contributed by atoms with Crippen LogP contribution in [0.4, 0.5) is 0 Å². The molecule has 320 valence electrons. The van der Waals surface area contributed by atoms with Gasteiger partial charge in [-0.05, 0) is 117 Å². The molecule has 0 amide bonds. The average molecular weight is 797 g/mol. The molecule has 2 spiro atoms. The van der Waals surface area contributed by atoms with Gasteiger partial charge in [-0.1, -0.05) is 27.7 Å². The molecule has 20 atom stereocenters. The molecular formula is C42H68O14. The summed E-state index contributed by atoms with van der Waals surface area (Å²) in [7, 11) is 0. The molecule has 7 N–H and O–H groups in total. The van der Waals surface area contributed by atoms with Crippen LogP contribution in [-0.4, -0.2) is 140 Å². The number of carbonyl (C=O) groups is 1. The van der Waals surface area contributed by atoms with Crippen molar-refractivity contribution in [2.75, 3.05) is 13.2 Å². The fourth-order valence-corrected chi connectivity index (χ4v) is 14.9. The number of rotatable bonds is 7.